The SMILES string of the molecule is CC(C)(C)C1CN(CCN2CC(c3cccc(C(F)(F)F)c3)N(c3ccc(Oc4ccc(Cl)cc4)cc3)C2=O)CCN1C(=O)O. The Labute approximate surface area is 265 Å². The van der Waals surface area contributed by atoms with Crippen LogP contribution in [-0.4, -0.2) is 77.2 Å². The molecule has 2 aliphatic rings. The van der Waals surface area contributed by atoms with Gasteiger partial charge in [0.15, 0.2) is 0 Å². The molecule has 5 rings (SSSR count). The van der Waals surface area contributed by atoms with Crippen LogP contribution in [-0.2, 0) is 6.18 Å². The molecular formula is C33H36ClF3N4O4. The van der Waals surface area contributed by atoms with E-state index in [9.17, 15) is 27.9 Å². The van der Waals surface area contributed by atoms with Gasteiger partial charge in [0, 0.05) is 50.0 Å². The highest BCUT2D eigenvalue weighted by Crippen LogP contribution is 2.38. The molecule has 2 atom stereocenters. The molecule has 3 aromatic carbocycles. The van der Waals surface area contributed by atoms with Crippen molar-refractivity contribution >= 4 is 29.4 Å². The summed E-state index contributed by atoms with van der Waals surface area (Å²) in [5.74, 6) is 1.10. The third-order valence-electron chi connectivity index (χ3n) is 8.34. The summed E-state index contributed by atoms with van der Waals surface area (Å²) in [6, 6.07) is 17.6. The summed E-state index contributed by atoms with van der Waals surface area (Å²) in [5.41, 5.74) is -0.154. The van der Waals surface area contributed by atoms with Crippen molar-refractivity contribution in [2.75, 3.05) is 44.2 Å². The Morgan fingerprint density at radius 3 is 2.18 bits per heavy atom. The van der Waals surface area contributed by atoms with Gasteiger partial charge in [-0.05, 0) is 71.6 Å². The number of benzene rings is 3. The van der Waals surface area contributed by atoms with Gasteiger partial charge in [0.05, 0.1) is 17.6 Å². The number of carbonyl (C=O) groups is 2. The summed E-state index contributed by atoms with van der Waals surface area (Å²) < 4.78 is 46.8. The van der Waals surface area contributed by atoms with E-state index in [1.807, 2.05) is 20.8 Å². The molecular weight excluding hydrogens is 609 g/mol. The maximum Gasteiger partial charge on any atom is 0.416 e. The minimum atomic E-state index is -4.52. The Morgan fingerprint density at radius 2 is 1.58 bits per heavy atom. The van der Waals surface area contributed by atoms with Crippen molar-refractivity contribution in [3.63, 3.8) is 0 Å². The number of nitrogens with zero attached hydrogens (tertiary/aromatic N) is 4. The number of halogens is 4. The molecule has 0 spiro atoms. The van der Waals surface area contributed by atoms with Crippen LogP contribution in [0.25, 0.3) is 0 Å². The van der Waals surface area contributed by atoms with Crippen molar-refractivity contribution in [2.24, 2.45) is 5.41 Å². The van der Waals surface area contributed by atoms with Crippen LogP contribution in [0.3, 0.4) is 0 Å². The van der Waals surface area contributed by atoms with Crippen LogP contribution in [0, 0.1) is 5.41 Å². The number of rotatable bonds is 7. The fourth-order valence-corrected chi connectivity index (χ4v) is 6.02. The van der Waals surface area contributed by atoms with E-state index in [4.69, 9.17) is 16.3 Å². The summed E-state index contributed by atoms with van der Waals surface area (Å²) in [5, 5.41) is 10.3. The average molecular weight is 645 g/mol. The summed E-state index contributed by atoms with van der Waals surface area (Å²) in [4.78, 5) is 32.5. The molecule has 2 fully saturated rings. The van der Waals surface area contributed by atoms with Gasteiger partial charge < -0.3 is 19.6 Å². The highest BCUT2D eigenvalue weighted by Gasteiger charge is 2.42. The van der Waals surface area contributed by atoms with Gasteiger partial charge in [0.1, 0.15) is 11.5 Å². The maximum absolute atomic E-state index is 13.9. The Morgan fingerprint density at radius 1 is 0.933 bits per heavy atom. The molecule has 3 aromatic rings. The smallest absolute Gasteiger partial charge is 0.416 e. The lowest BCUT2D eigenvalue weighted by Gasteiger charge is -2.46. The van der Waals surface area contributed by atoms with Gasteiger partial charge in [-0.1, -0.05) is 44.5 Å². The molecule has 2 saturated heterocycles. The first kappa shape index (κ1) is 32.4. The second kappa shape index (κ2) is 12.8. The number of hydrogen-bond donors (Lipinski definition) is 1. The first-order valence-electron chi connectivity index (χ1n) is 14.7. The molecule has 0 aliphatic carbocycles. The van der Waals surface area contributed by atoms with Crippen molar-refractivity contribution in [3.8, 4) is 11.5 Å². The van der Waals surface area contributed by atoms with Gasteiger partial charge in [-0.3, -0.25) is 9.80 Å². The van der Waals surface area contributed by atoms with Crippen molar-refractivity contribution in [2.45, 2.75) is 39.0 Å². The molecule has 0 radical (unpaired) electrons. The number of urea groups is 1. The van der Waals surface area contributed by atoms with Crippen molar-refractivity contribution < 1.29 is 32.6 Å². The van der Waals surface area contributed by atoms with Gasteiger partial charge >= 0.3 is 18.3 Å². The predicted molar refractivity (Wildman–Crippen MR) is 166 cm³/mol. The monoisotopic (exact) mass is 644 g/mol. The highest BCUT2D eigenvalue weighted by molar-refractivity contribution is 6.30. The van der Waals surface area contributed by atoms with Crippen molar-refractivity contribution in [3.05, 3.63) is 88.9 Å². The molecule has 2 aliphatic heterocycles. The topological polar surface area (TPSA) is 76.6 Å². The van der Waals surface area contributed by atoms with Crippen LogP contribution < -0.4 is 9.64 Å². The zero-order chi connectivity index (χ0) is 32.5. The lowest BCUT2D eigenvalue weighted by molar-refractivity contribution is -0.137. The van der Waals surface area contributed by atoms with Crippen LogP contribution in [0.2, 0.25) is 5.02 Å². The highest BCUT2D eigenvalue weighted by atomic mass is 35.5. The normalized spacial score (nSPS) is 19.7. The molecule has 0 bridgehead atoms. The molecule has 2 heterocycles. The quantitative estimate of drug-likeness (QED) is 0.284. The third-order valence-corrected chi connectivity index (χ3v) is 8.59. The molecule has 1 N–H and O–H groups in total. The van der Waals surface area contributed by atoms with Crippen LogP contribution in [0.1, 0.15) is 37.9 Å². The Balaban J connectivity index is 1.37. The molecule has 2 unspecified atom stereocenters. The van der Waals surface area contributed by atoms with E-state index in [2.05, 4.69) is 4.90 Å². The Hall–Kier alpha value is -3.96. The summed E-state index contributed by atoms with van der Waals surface area (Å²) in [7, 11) is 0. The molecule has 0 aromatic heterocycles. The standard InChI is InChI=1S/C33H36ClF3N4O4/c1-32(2,3)29-21-38(16-18-40(29)31(43)44)15-17-39-20-28(22-5-4-6-23(19-22)33(35,36)37)41(30(39)42)25-9-13-27(14-10-25)45-26-11-7-24(34)8-12-26/h4-14,19,28-29H,15-18,20-21H2,1-3H3,(H,43,44). The van der Waals surface area contributed by atoms with Gasteiger partial charge in [0.25, 0.3) is 0 Å². The van der Waals surface area contributed by atoms with E-state index in [0.717, 1.165) is 12.1 Å². The fraction of sp³-hybridized carbons (Fsp3) is 0.394. The van der Waals surface area contributed by atoms with Gasteiger partial charge in [-0.25, -0.2) is 9.59 Å². The molecule has 45 heavy (non-hydrogen) atoms. The Kier molecular flexibility index (Phi) is 9.23. The molecule has 240 valence electrons. The number of hydrogen-bond acceptors (Lipinski definition) is 4. The van der Waals surface area contributed by atoms with Crippen LogP contribution >= 0.6 is 11.6 Å². The van der Waals surface area contributed by atoms with Crippen LogP contribution in [0.4, 0.5) is 28.4 Å². The molecule has 3 amide bonds. The van der Waals surface area contributed by atoms with E-state index in [1.165, 1.54) is 15.9 Å². The summed E-state index contributed by atoms with van der Waals surface area (Å²) in [6.07, 6.45) is -5.47. The third kappa shape index (κ3) is 7.48. The molecule has 12 heteroatoms. The number of piperazine rings is 1. The minimum absolute atomic E-state index is 0.195. The zero-order valence-electron chi connectivity index (χ0n) is 25.3. The van der Waals surface area contributed by atoms with E-state index in [1.54, 1.807) is 59.5 Å². The van der Waals surface area contributed by atoms with E-state index >= 15 is 0 Å². The van der Waals surface area contributed by atoms with Crippen LogP contribution in [0.15, 0.2) is 72.8 Å². The lowest BCUT2D eigenvalue weighted by Crippen LogP contribution is -2.60. The second-order valence-electron chi connectivity index (χ2n) is 12.4. The molecule has 0 saturated carbocycles. The van der Waals surface area contributed by atoms with Gasteiger partial charge in [-0.15, -0.1) is 0 Å². The van der Waals surface area contributed by atoms with E-state index in [-0.39, 0.29) is 24.0 Å². The predicted octanol–water partition coefficient (Wildman–Crippen LogP) is 7.84. The maximum atomic E-state index is 13.9. The fourth-order valence-electron chi connectivity index (χ4n) is 5.90. The second-order valence-corrected chi connectivity index (χ2v) is 12.9. The summed E-state index contributed by atoms with van der Waals surface area (Å²) in [6.45, 7) is 8.45. The zero-order valence-corrected chi connectivity index (χ0v) is 26.1. The number of anilines is 1. The van der Waals surface area contributed by atoms with Gasteiger partial charge in [0.2, 0.25) is 0 Å². The number of carbonyl (C=O) groups excluding carboxylic acids is 1. The molecule has 8 nitrogen and oxygen atoms in total. The number of ether oxygens (including phenoxy) is 1. The van der Waals surface area contributed by atoms with Crippen molar-refractivity contribution in [1.29, 1.82) is 0 Å². The van der Waals surface area contributed by atoms with Crippen molar-refractivity contribution in [1.82, 2.24) is 14.7 Å². The number of alkyl halides is 3. The van der Waals surface area contributed by atoms with E-state index < -0.39 is 23.9 Å². The number of carboxylic acid groups (broad SMARTS) is 1. The average Bonchev–Trinajstić information content (AvgIpc) is 3.32. The largest absolute Gasteiger partial charge is 0.465 e. The van der Waals surface area contributed by atoms with E-state index in [0.29, 0.717) is 60.5 Å². The number of amides is 3. The first-order chi connectivity index (χ1) is 21.2. The minimum Gasteiger partial charge on any atom is -0.465 e. The first-order valence-corrected chi connectivity index (χ1v) is 15.1. The Bertz CT molecular complexity index is 1510. The van der Waals surface area contributed by atoms with Crippen LogP contribution in [0.5, 0.6) is 11.5 Å². The summed E-state index contributed by atoms with van der Waals surface area (Å²) >= 11 is 5.96. The van der Waals surface area contributed by atoms with Gasteiger partial charge in [-0.2, -0.15) is 13.2 Å². The lowest BCUT2D eigenvalue weighted by atomic mass is 9.84.